The first-order valence-corrected chi connectivity index (χ1v) is 10.7. The molecule has 7 heteroatoms. The molecule has 0 fully saturated rings. The molecule has 0 radical (unpaired) electrons. The Balaban J connectivity index is 2.37. The van der Waals surface area contributed by atoms with Crippen molar-refractivity contribution in [2.24, 2.45) is 5.10 Å². The van der Waals surface area contributed by atoms with Gasteiger partial charge in [-0.05, 0) is 51.0 Å². The van der Waals surface area contributed by atoms with E-state index >= 15 is 0 Å². The fourth-order valence-corrected chi connectivity index (χ4v) is 4.00. The third-order valence-corrected chi connectivity index (χ3v) is 6.16. The summed E-state index contributed by atoms with van der Waals surface area (Å²) < 4.78 is 27.6. The van der Waals surface area contributed by atoms with Crippen molar-refractivity contribution >= 4 is 27.3 Å². The maximum absolute atomic E-state index is 13.2. The molecule has 6 nitrogen and oxygen atoms in total. The highest BCUT2D eigenvalue weighted by Crippen LogP contribution is 2.24. The summed E-state index contributed by atoms with van der Waals surface area (Å²) in [5, 5.41) is 4.08. The number of nitrogens with one attached hydrogen (secondary N) is 1. The molecule has 1 amide bonds. The number of hydrazone groups is 1. The van der Waals surface area contributed by atoms with Crippen LogP contribution < -0.4 is 9.73 Å². The molecule has 0 aliphatic heterocycles. The Morgan fingerprint density at radius 2 is 1.43 bits per heavy atom. The van der Waals surface area contributed by atoms with E-state index in [1.165, 1.54) is 0 Å². The fourth-order valence-electron chi connectivity index (χ4n) is 2.58. The van der Waals surface area contributed by atoms with Gasteiger partial charge in [-0.3, -0.25) is 9.10 Å². The van der Waals surface area contributed by atoms with E-state index in [0.717, 1.165) is 34.0 Å². The standard InChI is InChI=1S/C21H27N3O3S/c1-5-18(6-2)22-23-21(25)15-24(19-11-7-16(3)8-12-19)28(26,27)20-13-9-17(4)10-14-20/h7-14H,5-6,15H2,1-4H3,(H,23,25). The minimum atomic E-state index is -3.90. The Bertz CT molecular complexity index is 928. The highest BCUT2D eigenvalue weighted by molar-refractivity contribution is 7.92. The number of hydrogen-bond acceptors (Lipinski definition) is 4. The molecule has 0 spiro atoms. The molecule has 150 valence electrons. The molecule has 0 aliphatic rings. The molecule has 0 aromatic heterocycles. The van der Waals surface area contributed by atoms with Crippen LogP contribution in [0.15, 0.2) is 58.5 Å². The van der Waals surface area contributed by atoms with Gasteiger partial charge in [0.1, 0.15) is 6.54 Å². The van der Waals surface area contributed by atoms with Crippen LogP contribution in [0.3, 0.4) is 0 Å². The zero-order chi connectivity index (χ0) is 20.7. The number of sulfonamides is 1. The Hall–Kier alpha value is -2.67. The molecule has 0 bridgehead atoms. The van der Waals surface area contributed by atoms with Gasteiger partial charge >= 0.3 is 0 Å². The summed E-state index contributed by atoms with van der Waals surface area (Å²) in [6.07, 6.45) is 1.44. The van der Waals surface area contributed by atoms with Crippen molar-refractivity contribution in [1.29, 1.82) is 0 Å². The van der Waals surface area contributed by atoms with Gasteiger partial charge in [0.15, 0.2) is 0 Å². The lowest BCUT2D eigenvalue weighted by Crippen LogP contribution is -2.39. The monoisotopic (exact) mass is 401 g/mol. The van der Waals surface area contributed by atoms with Gasteiger partial charge in [-0.2, -0.15) is 5.10 Å². The first-order chi connectivity index (χ1) is 13.3. The first-order valence-electron chi connectivity index (χ1n) is 9.28. The van der Waals surface area contributed by atoms with Gasteiger partial charge in [-0.1, -0.05) is 49.2 Å². The number of benzene rings is 2. The number of carbonyl (C=O) groups is 1. The van der Waals surface area contributed by atoms with Crippen molar-refractivity contribution in [2.45, 2.75) is 45.4 Å². The van der Waals surface area contributed by atoms with Crippen LogP contribution >= 0.6 is 0 Å². The van der Waals surface area contributed by atoms with E-state index in [1.807, 2.05) is 39.8 Å². The van der Waals surface area contributed by atoms with Gasteiger partial charge in [-0.25, -0.2) is 13.8 Å². The van der Waals surface area contributed by atoms with Crippen LogP contribution in [0.1, 0.15) is 37.8 Å². The molecule has 2 aromatic rings. The van der Waals surface area contributed by atoms with E-state index in [9.17, 15) is 13.2 Å². The predicted octanol–water partition coefficient (Wildman–Crippen LogP) is 3.79. The van der Waals surface area contributed by atoms with E-state index < -0.39 is 15.9 Å². The van der Waals surface area contributed by atoms with E-state index in [2.05, 4.69) is 10.5 Å². The van der Waals surface area contributed by atoms with Crippen LogP contribution in [0.25, 0.3) is 0 Å². The SMILES string of the molecule is CCC(CC)=NNC(=O)CN(c1ccc(C)cc1)S(=O)(=O)c1ccc(C)cc1. The molecular weight excluding hydrogens is 374 g/mol. The number of hydrogen-bond donors (Lipinski definition) is 1. The molecule has 0 saturated heterocycles. The van der Waals surface area contributed by atoms with Crippen molar-refractivity contribution in [1.82, 2.24) is 5.43 Å². The van der Waals surface area contributed by atoms with Crippen LogP contribution in [-0.4, -0.2) is 26.6 Å². The molecule has 1 N–H and O–H groups in total. The topological polar surface area (TPSA) is 78.8 Å². The van der Waals surface area contributed by atoms with E-state index in [1.54, 1.807) is 36.4 Å². The van der Waals surface area contributed by atoms with Crippen molar-refractivity contribution in [2.75, 3.05) is 10.8 Å². The average Bonchev–Trinajstić information content (AvgIpc) is 2.68. The summed E-state index contributed by atoms with van der Waals surface area (Å²) in [6.45, 7) is 7.35. The molecule has 0 atom stereocenters. The van der Waals surface area contributed by atoms with Gasteiger partial charge in [0, 0.05) is 5.71 Å². The lowest BCUT2D eigenvalue weighted by atomic mass is 10.2. The number of carbonyl (C=O) groups excluding carboxylic acids is 1. The second kappa shape index (κ2) is 9.50. The van der Waals surface area contributed by atoms with Gasteiger partial charge < -0.3 is 0 Å². The quantitative estimate of drug-likeness (QED) is 0.540. The van der Waals surface area contributed by atoms with Crippen LogP contribution in [0.2, 0.25) is 0 Å². The Morgan fingerprint density at radius 3 is 1.93 bits per heavy atom. The highest BCUT2D eigenvalue weighted by Gasteiger charge is 2.27. The van der Waals surface area contributed by atoms with E-state index in [-0.39, 0.29) is 11.4 Å². The molecule has 0 saturated carbocycles. The summed E-state index contributed by atoms with van der Waals surface area (Å²) in [6, 6.07) is 13.6. The largest absolute Gasteiger partial charge is 0.271 e. The number of aryl methyl sites for hydroxylation is 2. The summed E-state index contributed by atoms with van der Waals surface area (Å²) in [7, 11) is -3.90. The fraction of sp³-hybridized carbons (Fsp3) is 0.333. The molecule has 0 unspecified atom stereocenters. The lowest BCUT2D eigenvalue weighted by molar-refractivity contribution is -0.119. The molecule has 2 rings (SSSR count). The molecule has 2 aromatic carbocycles. The van der Waals surface area contributed by atoms with Crippen molar-refractivity contribution in [3.05, 3.63) is 59.7 Å². The maximum atomic E-state index is 13.2. The minimum Gasteiger partial charge on any atom is -0.271 e. The first kappa shape index (κ1) is 21.6. The second-order valence-electron chi connectivity index (χ2n) is 6.58. The van der Waals surface area contributed by atoms with Gasteiger partial charge in [0.25, 0.3) is 15.9 Å². The van der Waals surface area contributed by atoms with Crippen molar-refractivity contribution in [3.8, 4) is 0 Å². The van der Waals surface area contributed by atoms with Crippen molar-refractivity contribution in [3.63, 3.8) is 0 Å². The van der Waals surface area contributed by atoms with Crippen LogP contribution in [0.5, 0.6) is 0 Å². The second-order valence-corrected chi connectivity index (χ2v) is 8.44. The molecule has 28 heavy (non-hydrogen) atoms. The zero-order valence-electron chi connectivity index (χ0n) is 16.8. The number of amides is 1. The molecule has 0 aliphatic carbocycles. The van der Waals surface area contributed by atoms with Gasteiger partial charge in [-0.15, -0.1) is 0 Å². The summed E-state index contributed by atoms with van der Waals surface area (Å²) >= 11 is 0. The molecular formula is C21H27N3O3S. The van der Waals surface area contributed by atoms with E-state index in [0.29, 0.717) is 5.69 Å². The third-order valence-electron chi connectivity index (χ3n) is 4.37. The predicted molar refractivity (Wildman–Crippen MR) is 113 cm³/mol. The lowest BCUT2D eigenvalue weighted by Gasteiger charge is -2.24. The Kier molecular flexibility index (Phi) is 7.34. The number of anilines is 1. The summed E-state index contributed by atoms with van der Waals surface area (Å²) in [5.74, 6) is -0.490. The van der Waals surface area contributed by atoms with Crippen LogP contribution in [-0.2, 0) is 14.8 Å². The van der Waals surface area contributed by atoms with Gasteiger partial charge in [0.05, 0.1) is 10.6 Å². The third kappa shape index (κ3) is 5.42. The number of rotatable bonds is 8. The number of nitrogens with zero attached hydrogens (tertiary/aromatic N) is 2. The van der Waals surface area contributed by atoms with Crippen molar-refractivity contribution < 1.29 is 13.2 Å². The van der Waals surface area contributed by atoms with Gasteiger partial charge in [0.2, 0.25) is 0 Å². The summed E-state index contributed by atoms with van der Waals surface area (Å²) in [4.78, 5) is 12.6. The highest BCUT2D eigenvalue weighted by atomic mass is 32.2. The minimum absolute atomic E-state index is 0.137. The average molecular weight is 402 g/mol. The molecule has 0 heterocycles. The maximum Gasteiger partial charge on any atom is 0.264 e. The Labute approximate surface area is 167 Å². The van der Waals surface area contributed by atoms with Crippen LogP contribution in [0, 0.1) is 13.8 Å². The summed E-state index contributed by atoms with van der Waals surface area (Å²) in [5.41, 5.74) is 5.70. The smallest absolute Gasteiger partial charge is 0.264 e. The Morgan fingerprint density at radius 1 is 0.929 bits per heavy atom. The van der Waals surface area contributed by atoms with E-state index in [4.69, 9.17) is 0 Å². The zero-order valence-corrected chi connectivity index (χ0v) is 17.6. The normalized spacial score (nSPS) is 11.0. The van der Waals surface area contributed by atoms with Crippen LogP contribution in [0.4, 0.5) is 5.69 Å².